The molecule has 3 heterocycles. The summed E-state index contributed by atoms with van der Waals surface area (Å²) in [5.41, 5.74) is 1.31. The molecule has 2 aromatic rings. The Labute approximate surface area is 155 Å². The van der Waals surface area contributed by atoms with Gasteiger partial charge in [0.1, 0.15) is 11.9 Å². The molecule has 1 aromatic carbocycles. The van der Waals surface area contributed by atoms with Crippen LogP contribution >= 0.6 is 0 Å². The topological polar surface area (TPSA) is 42.4 Å². The van der Waals surface area contributed by atoms with Crippen LogP contribution in [0.1, 0.15) is 44.1 Å². The summed E-state index contributed by atoms with van der Waals surface area (Å²) < 4.78 is 6.10. The lowest BCUT2D eigenvalue weighted by molar-refractivity contribution is -0.137. The summed E-state index contributed by atoms with van der Waals surface area (Å²) in [5, 5.41) is 0. The Morgan fingerprint density at radius 3 is 2.54 bits per heavy atom. The molecule has 136 valence electrons. The molecule has 1 amide bonds. The van der Waals surface area contributed by atoms with E-state index in [1.54, 1.807) is 12.4 Å². The molecule has 0 N–H and O–H groups in total. The first kappa shape index (κ1) is 17.1. The first-order valence-corrected chi connectivity index (χ1v) is 9.71. The van der Waals surface area contributed by atoms with Crippen molar-refractivity contribution in [1.82, 2.24) is 9.88 Å². The number of rotatable bonds is 6. The van der Waals surface area contributed by atoms with Gasteiger partial charge in [0.25, 0.3) is 0 Å². The molecule has 0 radical (unpaired) electrons. The number of nitrogens with zero attached hydrogens (tertiary/aromatic N) is 2. The minimum atomic E-state index is 0.199. The van der Waals surface area contributed by atoms with Crippen molar-refractivity contribution in [3.05, 3.63) is 60.4 Å². The highest BCUT2D eigenvalue weighted by molar-refractivity contribution is 5.77. The molecule has 2 aliphatic rings. The molecule has 2 saturated heterocycles. The van der Waals surface area contributed by atoms with Crippen molar-refractivity contribution in [3.8, 4) is 5.75 Å². The number of ether oxygens (including phenoxy) is 1. The molecule has 2 bridgehead atoms. The number of piperidine rings is 1. The lowest BCUT2D eigenvalue weighted by Crippen LogP contribution is -2.49. The molecule has 2 fully saturated rings. The first-order chi connectivity index (χ1) is 12.8. The molecule has 26 heavy (non-hydrogen) atoms. The van der Waals surface area contributed by atoms with Gasteiger partial charge in [-0.15, -0.1) is 0 Å². The van der Waals surface area contributed by atoms with E-state index in [4.69, 9.17) is 4.74 Å². The Balaban J connectivity index is 1.29. The quantitative estimate of drug-likeness (QED) is 0.791. The fourth-order valence-corrected chi connectivity index (χ4v) is 4.46. The minimum absolute atomic E-state index is 0.199. The first-order valence-electron chi connectivity index (χ1n) is 9.71. The molecular formula is C22H26N2O2. The summed E-state index contributed by atoms with van der Waals surface area (Å²) >= 11 is 0. The Kier molecular flexibility index (Phi) is 5.19. The largest absolute Gasteiger partial charge is 0.489 e. The van der Waals surface area contributed by atoms with Crippen LogP contribution in [-0.4, -0.2) is 34.0 Å². The maximum Gasteiger partial charge on any atom is 0.223 e. The fourth-order valence-electron chi connectivity index (χ4n) is 4.46. The SMILES string of the molecule is O=C(CCCc1ccccc1)N1C2CCC1CC(Oc1cccnc1)C2. The van der Waals surface area contributed by atoms with Gasteiger partial charge in [-0.1, -0.05) is 30.3 Å². The van der Waals surface area contributed by atoms with Gasteiger partial charge in [-0.2, -0.15) is 0 Å². The highest BCUT2D eigenvalue weighted by Gasteiger charge is 2.43. The predicted molar refractivity (Wildman–Crippen MR) is 101 cm³/mol. The molecule has 0 spiro atoms. The summed E-state index contributed by atoms with van der Waals surface area (Å²) in [5.74, 6) is 1.16. The number of carbonyl (C=O) groups excluding carboxylic acids is 1. The van der Waals surface area contributed by atoms with Crippen molar-refractivity contribution in [2.24, 2.45) is 0 Å². The Morgan fingerprint density at radius 1 is 1.08 bits per heavy atom. The number of pyridine rings is 1. The number of aryl methyl sites for hydroxylation is 1. The molecule has 2 atom stereocenters. The van der Waals surface area contributed by atoms with Gasteiger partial charge < -0.3 is 9.64 Å². The predicted octanol–water partition coefficient (Wildman–Crippen LogP) is 4.01. The second kappa shape index (κ2) is 7.90. The number of hydrogen-bond donors (Lipinski definition) is 0. The number of hydrogen-bond acceptors (Lipinski definition) is 3. The van der Waals surface area contributed by atoms with Gasteiger partial charge in [0, 0.05) is 37.5 Å². The van der Waals surface area contributed by atoms with Gasteiger partial charge in [-0.3, -0.25) is 9.78 Å². The Bertz CT molecular complexity index is 705. The number of aromatic nitrogens is 1. The second-order valence-electron chi connectivity index (χ2n) is 7.43. The molecule has 2 aliphatic heterocycles. The fraction of sp³-hybridized carbons (Fsp3) is 0.455. The summed E-state index contributed by atoms with van der Waals surface area (Å²) in [7, 11) is 0. The lowest BCUT2D eigenvalue weighted by Gasteiger charge is -2.39. The molecule has 1 aromatic heterocycles. The maximum absolute atomic E-state index is 12.8. The number of fused-ring (bicyclic) bond motifs is 2. The van der Waals surface area contributed by atoms with Crippen molar-refractivity contribution >= 4 is 5.91 Å². The summed E-state index contributed by atoms with van der Waals surface area (Å²) in [6.45, 7) is 0. The highest BCUT2D eigenvalue weighted by Crippen LogP contribution is 2.37. The highest BCUT2D eigenvalue weighted by atomic mass is 16.5. The van der Waals surface area contributed by atoms with Crippen LogP contribution in [0.5, 0.6) is 5.75 Å². The van der Waals surface area contributed by atoms with E-state index in [-0.39, 0.29) is 6.10 Å². The molecule has 4 heteroatoms. The summed E-state index contributed by atoms with van der Waals surface area (Å²) in [6.07, 6.45) is 10.4. The molecule has 4 nitrogen and oxygen atoms in total. The zero-order valence-electron chi connectivity index (χ0n) is 15.1. The zero-order chi connectivity index (χ0) is 17.8. The summed E-state index contributed by atoms with van der Waals surface area (Å²) in [6, 6.07) is 15.0. The third-order valence-corrected chi connectivity index (χ3v) is 5.61. The zero-order valence-corrected chi connectivity index (χ0v) is 15.1. The third-order valence-electron chi connectivity index (χ3n) is 5.61. The molecular weight excluding hydrogens is 324 g/mol. The van der Waals surface area contributed by atoms with Crippen LogP contribution in [0.3, 0.4) is 0 Å². The van der Waals surface area contributed by atoms with Crippen molar-refractivity contribution < 1.29 is 9.53 Å². The van der Waals surface area contributed by atoms with Crippen LogP contribution in [0.25, 0.3) is 0 Å². The average Bonchev–Trinajstić information content (AvgIpc) is 2.94. The van der Waals surface area contributed by atoms with Gasteiger partial charge in [-0.25, -0.2) is 0 Å². The number of benzene rings is 1. The smallest absolute Gasteiger partial charge is 0.223 e. The van der Waals surface area contributed by atoms with Crippen molar-refractivity contribution in [2.75, 3.05) is 0 Å². The van der Waals surface area contributed by atoms with E-state index in [0.29, 0.717) is 24.4 Å². The van der Waals surface area contributed by atoms with Gasteiger partial charge in [0.15, 0.2) is 0 Å². The number of amides is 1. The van der Waals surface area contributed by atoms with E-state index >= 15 is 0 Å². The van der Waals surface area contributed by atoms with E-state index in [0.717, 1.165) is 44.3 Å². The van der Waals surface area contributed by atoms with Crippen LogP contribution in [0.15, 0.2) is 54.9 Å². The van der Waals surface area contributed by atoms with E-state index in [1.807, 2.05) is 18.2 Å². The Morgan fingerprint density at radius 2 is 1.85 bits per heavy atom. The van der Waals surface area contributed by atoms with Gasteiger partial charge in [-0.05, 0) is 43.4 Å². The van der Waals surface area contributed by atoms with Crippen molar-refractivity contribution in [2.45, 2.75) is 63.1 Å². The van der Waals surface area contributed by atoms with Crippen LogP contribution < -0.4 is 4.74 Å². The molecule has 0 saturated carbocycles. The van der Waals surface area contributed by atoms with Crippen LogP contribution in [0.4, 0.5) is 0 Å². The van der Waals surface area contributed by atoms with Crippen molar-refractivity contribution in [1.29, 1.82) is 0 Å². The van der Waals surface area contributed by atoms with E-state index < -0.39 is 0 Å². The van der Waals surface area contributed by atoms with Gasteiger partial charge >= 0.3 is 0 Å². The van der Waals surface area contributed by atoms with Gasteiger partial charge in [0.2, 0.25) is 5.91 Å². The van der Waals surface area contributed by atoms with Gasteiger partial charge in [0.05, 0.1) is 6.20 Å². The average molecular weight is 350 g/mol. The monoisotopic (exact) mass is 350 g/mol. The van der Waals surface area contributed by atoms with E-state index in [1.165, 1.54) is 5.56 Å². The third kappa shape index (κ3) is 3.90. The summed E-state index contributed by atoms with van der Waals surface area (Å²) in [4.78, 5) is 19.1. The lowest BCUT2D eigenvalue weighted by atomic mass is 9.98. The normalized spacial score (nSPS) is 24.5. The van der Waals surface area contributed by atoms with E-state index in [9.17, 15) is 4.79 Å². The maximum atomic E-state index is 12.8. The van der Waals surface area contributed by atoms with Crippen LogP contribution in [0.2, 0.25) is 0 Å². The molecule has 2 unspecified atom stereocenters. The number of carbonyl (C=O) groups is 1. The van der Waals surface area contributed by atoms with Crippen molar-refractivity contribution in [3.63, 3.8) is 0 Å². The second-order valence-corrected chi connectivity index (χ2v) is 7.43. The Hall–Kier alpha value is -2.36. The van der Waals surface area contributed by atoms with Crippen LogP contribution in [-0.2, 0) is 11.2 Å². The standard InChI is InChI=1S/C22H26N2O2/c25-22(10-4-8-17-6-2-1-3-7-17)24-18-11-12-19(24)15-21(14-18)26-20-9-5-13-23-16-20/h1-3,5-7,9,13,16,18-19,21H,4,8,10-12,14-15H2. The molecule has 0 aliphatic carbocycles. The van der Waals surface area contributed by atoms with E-state index in [2.05, 4.69) is 34.1 Å². The van der Waals surface area contributed by atoms with Crippen LogP contribution in [0, 0.1) is 0 Å². The molecule has 4 rings (SSSR count). The minimum Gasteiger partial charge on any atom is -0.489 e.